The van der Waals surface area contributed by atoms with Crippen LogP contribution in [0.2, 0.25) is 5.02 Å². The molecule has 1 N–H and O–H groups in total. The van der Waals surface area contributed by atoms with Crippen molar-refractivity contribution in [3.63, 3.8) is 0 Å². The van der Waals surface area contributed by atoms with Crippen molar-refractivity contribution in [1.82, 2.24) is 0 Å². The molecular formula is C14H10ClNO. The Balaban J connectivity index is 2.47. The van der Waals surface area contributed by atoms with Gasteiger partial charge in [-0.25, -0.2) is 0 Å². The third-order valence-electron chi connectivity index (χ3n) is 2.20. The molecule has 0 spiro atoms. The first-order chi connectivity index (χ1) is 8.16. The van der Waals surface area contributed by atoms with Crippen LogP contribution in [-0.4, -0.2) is 5.91 Å². The SMILES string of the molecule is CC(=O)Nc1ccc[c]c1-c1[c]c(Cl)ccc1. The van der Waals surface area contributed by atoms with Crippen molar-refractivity contribution in [2.45, 2.75) is 6.92 Å². The molecule has 3 heteroatoms. The molecule has 0 fully saturated rings. The van der Waals surface area contributed by atoms with E-state index in [4.69, 9.17) is 11.6 Å². The summed E-state index contributed by atoms with van der Waals surface area (Å²) in [6.45, 7) is 1.47. The van der Waals surface area contributed by atoms with Gasteiger partial charge < -0.3 is 5.32 Å². The summed E-state index contributed by atoms with van der Waals surface area (Å²) in [4.78, 5) is 11.1. The molecule has 2 aromatic carbocycles. The fraction of sp³-hybridized carbons (Fsp3) is 0.0714. The fourth-order valence-electron chi connectivity index (χ4n) is 1.54. The minimum Gasteiger partial charge on any atom is -0.326 e. The first-order valence-corrected chi connectivity index (χ1v) is 5.51. The fourth-order valence-corrected chi connectivity index (χ4v) is 1.71. The van der Waals surface area contributed by atoms with Crippen molar-refractivity contribution < 1.29 is 4.79 Å². The van der Waals surface area contributed by atoms with Gasteiger partial charge in [0.15, 0.2) is 0 Å². The van der Waals surface area contributed by atoms with Gasteiger partial charge in [0.1, 0.15) is 0 Å². The van der Waals surface area contributed by atoms with Gasteiger partial charge in [-0.15, -0.1) is 0 Å². The molecule has 0 aromatic heterocycles. The average Bonchev–Trinajstić information content (AvgIpc) is 2.29. The van der Waals surface area contributed by atoms with Crippen LogP contribution in [0.4, 0.5) is 5.69 Å². The van der Waals surface area contributed by atoms with Crippen LogP contribution >= 0.6 is 11.6 Å². The van der Waals surface area contributed by atoms with Crippen molar-refractivity contribution in [2.24, 2.45) is 0 Å². The highest BCUT2D eigenvalue weighted by molar-refractivity contribution is 6.30. The first-order valence-electron chi connectivity index (χ1n) is 5.13. The van der Waals surface area contributed by atoms with Gasteiger partial charge in [-0.2, -0.15) is 0 Å². The second-order valence-corrected chi connectivity index (χ2v) is 3.96. The van der Waals surface area contributed by atoms with Crippen molar-refractivity contribution in [2.75, 3.05) is 5.32 Å². The van der Waals surface area contributed by atoms with E-state index in [0.717, 1.165) is 11.1 Å². The number of nitrogens with one attached hydrogen (secondary N) is 1. The molecule has 0 bridgehead atoms. The number of amides is 1. The van der Waals surface area contributed by atoms with Gasteiger partial charge in [0.2, 0.25) is 5.91 Å². The summed E-state index contributed by atoms with van der Waals surface area (Å²) >= 11 is 5.90. The van der Waals surface area contributed by atoms with Crippen LogP contribution in [0.25, 0.3) is 11.1 Å². The predicted molar refractivity (Wildman–Crippen MR) is 68.9 cm³/mol. The molecule has 84 valence electrons. The zero-order chi connectivity index (χ0) is 12.3. The molecular weight excluding hydrogens is 234 g/mol. The maximum atomic E-state index is 11.1. The minimum atomic E-state index is -0.118. The Bertz CT molecular complexity index is 551. The summed E-state index contributed by atoms with van der Waals surface area (Å²) in [5.41, 5.74) is 2.30. The van der Waals surface area contributed by atoms with E-state index in [1.165, 1.54) is 6.92 Å². The van der Waals surface area contributed by atoms with E-state index in [-0.39, 0.29) is 5.91 Å². The standard InChI is InChI=1S/C14H10ClNO/c1-10(17)16-14-8-3-2-7-13(14)11-5-4-6-12(15)9-11/h2-6,8H,1H3,(H,16,17). The molecule has 2 radical (unpaired) electrons. The first kappa shape index (κ1) is 11.7. The van der Waals surface area contributed by atoms with Crippen LogP contribution in [-0.2, 0) is 4.79 Å². The zero-order valence-corrected chi connectivity index (χ0v) is 10.0. The molecule has 17 heavy (non-hydrogen) atoms. The Morgan fingerprint density at radius 3 is 2.82 bits per heavy atom. The predicted octanol–water partition coefficient (Wildman–Crippen LogP) is 3.57. The second-order valence-electron chi connectivity index (χ2n) is 3.55. The molecule has 0 aliphatic heterocycles. The van der Waals surface area contributed by atoms with Crippen LogP contribution in [0, 0.1) is 12.1 Å². The molecule has 0 heterocycles. The highest BCUT2D eigenvalue weighted by Crippen LogP contribution is 2.28. The lowest BCUT2D eigenvalue weighted by atomic mass is 10.0. The van der Waals surface area contributed by atoms with Gasteiger partial charge in [0.05, 0.1) is 0 Å². The summed E-state index contributed by atoms with van der Waals surface area (Å²) in [6.07, 6.45) is 0. The minimum absolute atomic E-state index is 0.118. The van der Waals surface area contributed by atoms with E-state index in [1.54, 1.807) is 12.1 Å². The summed E-state index contributed by atoms with van der Waals surface area (Å²) < 4.78 is 0. The van der Waals surface area contributed by atoms with E-state index < -0.39 is 0 Å². The van der Waals surface area contributed by atoms with E-state index in [2.05, 4.69) is 17.4 Å². The molecule has 0 saturated heterocycles. The average molecular weight is 244 g/mol. The number of halogens is 1. The summed E-state index contributed by atoms with van der Waals surface area (Å²) in [6, 6.07) is 17.0. The molecule has 2 aromatic rings. The number of rotatable bonds is 2. The van der Waals surface area contributed by atoms with Gasteiger partial charge >= 0.3 is 0 Å². The lowest BCUT2D eigenvalue weighted by Gasteiger charge is -2.09. The van der Waals surface area contributed by atoms with Crippen LogP contribution in [0.5, 0.6) is 0 Å². The molecule has 0 saturated carbocycles. The molecule has 0 unspecified atom stereocenters. The third kappa shape index (κ3) is 2.86. The van der Waals surface area contributed by atoms with Crippen molar-refractivity contribution in [1.29, 1.82) is 0 Å². The summed E-state index contributed by atoms with van der Waals surface area (Å²) in [5.74, 6) is -0.118. The second kappa shape index (κ2) is 5.02. The highest BCUT2D eigenvalue weighted by atomic mass is 35.5. The van der Waals surface area contributed by atoms with Gasteiger partial charge in [-0.05, 0) is 23.8 Å². The number of hydrogen-bond acceptors (Lipinski definition) is 1. The summed E-state index contributed by atoms with van der Waals surface area (Å²) in [7, 11) is 0. The van der Waals surface area contributed by atoms with Crippen LogP contribution < -0.4 is 5.32 Å². The van der Waals surface area contributed by atoms with Gasteiger partial charge in [0.25, 0.3) is 0 Å². The molecule has 0 aliphatic carbocycles. The van der Waals surface area contributed by atoms with Crippen molar-refractivity contribution in [3.05, 3.63) is 53.6 Å². The Labute approximate surface area is 105 Å². The zero-order valence-electron chi connectivity index (χ0n) is 9.25. The van der Waals surface area contributed by atoms with Crippen LogP contribution in [0.15, 0.2) is 36.4 Å². The Hall–Kier alpha value is -1.80. The lowest BCUT2D eigenvalue weighted by molar-refractivity contribution is -0.114. The number of anilines is 1. The number of carbonyl (C=O) groups is 1. The molecule has 1 amide bonds. The number of hydrogen-bond donors (Lipinski definition) is 1. The Kier molecular flexibility index (Phi) is 3.45. The maximum absolute atomic E-state index is 11.1. The van der Waals surface area contributed by atoms with E-state index in [9.17, 15) is 4.79 Å². The largest absolute Gasteiger partial charge is 0.326 e. The monoisotopic (exact) mass is 243 g/mol. The normalized spacial score (nSPS) is 10.0. The third-order valence-corrected chi connectivity index (χ3v) is 2.42. The van der Waals surface area contributed by atoms with Gasteiger partial charge in [-0.1, -0.05) is 35.9 Å². The Morgan fingerprint density at radius 2 is 2.12 bits per heavy atom. The smallest absolute Gasteiger partial charge is 0.221 e. The number of benzene rings is 2. The molecule has 2 nitrogen and oxygen atoms in total. The Morgan fingerprint density at radius 1 is 1.29 bits per heavy atom. The lowest BCUT2D eigenvalue weighted by Crippen LogP contribution is -2.06. The van der Waals surface area contributed by atoms with Gasteiger partial charge in [-0.3, -0.25) is 4.79 Å². The van der Waals surface area contributed by atoms with E-state index in [0.29, 0.717) is 10.7 Å². The van der Waals surface area contributed by atoms with E-state index >= 15 is 0 Å². The highest BCUT2D eigenvalue weighted by Gasteiger charge is 2.06. The van der Waals surface area contributed by atoms with Crippen LogP contribution in [0.1, 0.15) is 6.92 Å². The topological polar surface area (TPSA) is 29.1 Å². The van der Waals surface area contributed by atoms with Crippen molar-refractivity contribution >= 4 is 23.2 Å². The molecule has 0 atom stereocenters. The molecule has 0 aliphatic rings. The maximum Gasteiger partial charge on any atom is 0.221 e. The quantitative estimate of drug-likeness (QED) is 0.859. The van der Waals surface area contributed by atoms with Crippen LogP contribution in [0.3, 0.4) is 0 Å². The number of carbonyl (C=O) groups excluding carboxylic acids is 1. The summed E-state index contributed by atoms with van der Waals surface area (Å²) in [5, 5.41) is 3.29. The van der Waals surface area contributed by atoms with Gasteiger partial charge in [0, 0.05) is 29.3 Å². The van der Waals surface area contributed by atoms with Crippen molar-refractivity contribution in [3.8, 4) is 11.1 Å². The molecule has 2 rings (SSSR count). The van der Waals surface area contributed by atoms with E-state index in [1.807, 2.05) is 24.3 Å².